The maximum absolute atomic E-state index is 13.9. The van der Waals surface area contributed by atoms with Crippen molar-refractivity contribution in [1.29, 1.82) is 0 Å². The van der Waals surface area contributed by atoms with Crippen molar-refractivity contribution in [1.82, 2.24) is 30.4 Å². The number of nitrogens with one attached hydrogen (secondary N) is 1. The third-order valence-corrected chi connectivity index (χ3v) is 8.74. The van der Waals surface area contributed by atoms with E-state index in [0.717, 1.165) is 17.2 Å². The van der Waals surface area contributed by atoms with Crippen molar-refractivity contribution < 1.29 is 36.2 Å². The Bertz CT molecular complexity index is 1610. The van der Waals surface area contributed by atoms with E-state index in [-0.39, 0.29) is 34.7 Å². The summed E-state index contributed by atoms with van der Waals surface area (Å²) >= 11 is 0. The van der Waals surface area contributed by atoms with Crippen molar-refractivity contribution in [2.75, 3.05) is 13.1 Å². The first kappa shape index (κ1) is 30.7. The van der Waals surface area contributed by atoms with Gasteiger partial charge in [-0.2, -0.15) is 31.0 Å². The Morgan fingerprint density at radius 3 is 2.16 bits per heavy atom. The van der Waals surface area contributed by atoms with Gasteiger partial charge in [-0.05, 0) is 64.2 Å². The van der Waals surface area contributed by atoms with E-state index >= 15 is 0 Å². The van der Waals surface area contributed by atoms with Gasteiger partial charge in [-0.25, -0.2) is 0 Å². The Balaban J connectivity index is 1.40. The lowest BCUT2D eigenvalue weighted by atomic mass is 9.66. The van der Waals surface area contributed by atoms with Crippen LogP contribution in [0, 0.1) is 11.8 Å². The van der Waals surface area contributed by atoms with E-state index in [9.17, 15) is 36.2 Å². The van der Waals surface area contributed by atoms with Gasteiger partial charge in [0.05, 0.1) is 17.2 Å². The van der Waals surface area contributed by atoms with Gasteiger partial charge in [-0.3, -0.25) is 9.69 Å². The van der Waals surface area contributed by atoms with Gasteiger partial charge < -0.3 is 10.4 Å². The molecular weight excluding hydrogens is 602 g/mol. The number of halogens is 6. The molecule has 0 saturated carbocycles. The average molecular weight is 631 g/mol. The predicted octanol–water partition coefficient (Wildman–Crippen LogP) is 5.40. The fraction of sp³-hybridized carbons (Fsp3) is 0.355. The molecule has 1 unspecified atom stereocenters. The third kappa shape index (κ3) is 6.16. The second kappa shape index (κ2) is 11.9. The number of carbonyl (C=O) groups is 1. The van der Waals surface area contributed by atoms with Gasteiger partial charge >= 0.3 is 18.3 Å². The van der Waals surface area contributed by atoms with Gasteiger partial charge in [0.2, 0.25) is 0 Å². The van der Waals surface area contributed by atoms with Crippen LogP contribution in [0.5, 0.6) is 0 Å². The number of fused-ring (bicyclic) bond motifs is 3. The van der Waals surface area contributed by atoms with Crippen LogP contribution >= 0.6 is 0 Å². The van der Waals surface area contributed by atoms with Crippen LogP contribution in [-0.4, -0.2) is 61.4 Å². The molecule has 4 heterocycles. The normalized spacial score (nSPS) is 23.4. The summed E-state index contributed by atoms with van der Waals surface area (Å²) in [5.41, 5.74) is 0.376. The highest BCUT2D eigenvalue weighted by Gasteiger charge is 2.52. The standard InChI is InChI=1S/C31H28F6N6O2/c32-30(33,34)21-13-18(14-22(15-21)43-29(31(35,36)37)39-40-41-43)16-38-26-23-11-12-42(17-24(23)28(44)45)27(26)25(19-7-3-1-4-8-19)20-9-5-2-6-10-20/h1-10,13-15,23-27,38H,11-12,16-17H2,(H,44,45)/t23-,24-,26+,27+/m1/s1. The van der Waals surface area contributed by atoms with E-state index in [4.69, 9.17) is 0 Å². The van der Waals surface area contributed by atoms with Gasteiger partial charge in [0, 0.05) is 31.1 Å². The first-order valence-corrected chi connectivity index (χ1v) is 14.3. The number of carboxylic acids is 1. The minimum Gasteiger partial charge on any atom is -0.481 e. The second-order valence-electron chi connectivity index (χ2n) is 11.4. The largest absolute Gasteiger partial charge is 0.481 e. The van der Waals surface area contributed by atoms with Crippen LogP contribution in [0.2, 0.25) is 0 Å². The SMILES string of the molecule is O=C(O)[C@@H]1CN2CC[C@H]1[C@H](NCc1cc(-n3nnnc3C(F)(F)F)cc(C(F)(F)F)c1)[C@@H]2C(c1ccccc1)c1ccccc1. The molecule has 3 aliphatic heterocycles. The van der Waals surface area contributed by atoms with Crippen molar-refractivity contribution in [2.24, 2.45) is 11.8 Å². The third-order valence-electron chi connectivity index (χ3n) is 8.74. The summed E-state index contributed by atoms with van der Waals surface area (Å²) in [4.78, 5) is 14.5. The first-order chi connectivity index (χ1) is 21.4. The molecule has 3 fully saturated rings. The minimum absolute atomic E-state index is 0.0430. The molecule has 8 nitrogen and oxygen atoms in total. The number of nitrogens with zero attached hydrogens (tertiary/aromatic N) is 5. The van der Waals surface area contributed by atoms with Gasteiger partial charge in [-0.15, -0.1) is 5.10 Å². The fourth-order valence-electron chi connectivity index (χ4n) is 6.87. The number of aromatic nitrogens is 4. The summed E-state index contributed by atoms with van der Waals surface area (Å²) in [6.07, 6.45) is -9.31. The maximum Gasteiger partial charge on any atom is 0.453 e. The highest BCUT2D eigenvalue weighted by atomic mass is 19.4. The number of alkyl halides is 6. The second-order valence-corrected chi connectivity index (χ2v) is 11.4. The van der Waals surface area contributed by atoms with Crippen LogP contribution in [0.25, 0.3) is 5.69 Å². The molecule has 3 saturated heterocycles. The topological polar surface area (TPSA) is 96.2 Å². The molecule has 0 aliphatic carbocycles. The van der Waals surface area contributed by atoms with Gasteiger partial charge in [0.1, 0.15) is 0 Å². The molecule has 3 aliphatic rings. The van der Waals surface area contributed by atoms with E-state index in [1.54, 1.807) is 0 Å². The molecule has 45 heavy (non-hydrogen) atoms. The molecule has 5 atom stereocenters. The summed E-state index contributed by atoms with van der Waals surface area (Å²) in [7, 11) is 0. The van der Waals surface area contributed by atoms with Gasteiger partial charge in [0.15, 0.2) is 0 Å². The number of aliphatic carboxylic acids is 1. The number of rotatable bonds is 8. The molecule has 2 bridgehead atoms. The van der Waals surface area contributed by atoms with E-state index < -0.39 is 47.4 Å². The van der Waals surface area contributed by atoms with Crippen molar-refractivity contribution in [3.63, 3.8) is 0 Å². The molecule has 7 rings (SSSR count). The lowest BCUT2D eigenvalue weighted by molar-refractivity contribution is -0.152. The van der Waals surface area contributed by atoms with Crippen LogP contribution in [0.4, 0.5) is 26.3 Å². The zero-order valence-electron chi connectivity index (χ0n) is 23.6. The van der Waals surface area contributed by atoms with Gasteiger partial charge in [0.25, 0.3) is 5.82 Å². The van der Waals surface area contributed by atoms with E-state index in [1.165, 1.54) is 6.07 Å². The fourth-order valence-corrected chi connectivity index (χ4v) is 6.87. The Hall–Kier alpha value is -4.30. The Labute approximate surface area is 253 Å². The molecule has 236 valence electrons. The highest BCUT2D eigenvalue weighted by molar-refractivity contribution is 5.71. The average Bonchev–Trinajstić information content (AvgIpc) is 3.53. The molecular formula is C31H28F6N6O2. The quantitative estimate of drug-likeness (QED) is 0.252. The zero-order valence-corrected chi connectivity index (χ0v) is 23.6. The minimum atomic E-state index is -5.01. The summed E-state index contributed by atoms with van der Waals surface area (Å²) < 4.78 is 82.7. The van der Waals surface area contributed by atoms with Crippen molar-refractivity contribution in [2.45, 2.75) is 43.3 Å². The summed E-state index contributed by atoms with van der Waals surface area (Å²) in [6, 6.07) is 21.3. The highest BCUT2D eigenvalue weighted by Crippen LogP contribution is 2.44. The zero-order chi connectivity index (χ0) is 31.9. The Morgan fingerprint density at radius 1 is 0.933 bits per heavy atom. The van der Waals surface area contributed by atoms with Crippen LogP contribution in [0.1, 0.15) is 40.4 Å². The van der Waals surface area contributed by atoms with Crippen molar-refractivity contribution in [3.05, 3.63) is 107 Å². The smallest absolute Gasteiger partial charge is 0.453 e. The van der Waals surface area contributed by atoms with E-state index in [2.05, 4.69) is 25.7 Å². The van der Waals surface area contributed by atoms with Crippen LogP contribution in [-0.2, 0) is 23.7 Å². The van der Waals surface area contributed by atoms with Crippen LogP contribution < -0.4 is 5.32 Å². The lowest BCUT2D eigenvalue weighted by Crippen LogP contribution is -2.68. The summed E-state index contributed by atoms with van der Waals surface area (Å²) in [6.45, 7) is 0.807. The molecule has 14 heteroatoms. The maximum atomic E-state index is 13.9. The summed E-state index contributed by atoms with van der Waals surface area (Å²) in [5, 5.41) is 22.7. The Kier molecular flexibility index (Phi) is 8.12. The van der Waals surface area contributed by atoms with Crippen molar-refractivity contribution in [3.8, 4) is 5.69 Å². The molecule has 4 aromatic rings. The molecule has 0 spiro atoms. The van der Waals surface area contributed by atoms with Crippen molar-refractivity contribution >= 4 is 5.97 Å². The lowest BCUT2D eigenvalue weighted by Gasteiger charge is -2.56. The van der Waals surface area contributed by atoms with Gasteiger partial charge in [-0.1, -0.05) is 60.7 Å². The van der Waals surface area contributed by atoms with E-state index in [0.29, 0.717) is 25.6 Å². The molecule has 2 N–H and O–H groups in total. The molecule has 0 radical (unpaired) electrons. The van der Waals surface area contributed by atoms with Crippen LogP contribution in [0.3, 0.4) is 0 Å². The molecule has 1 aromatic heterocycles. The summed E-state index contributed by atoms with van der Waals surface area (Å²) in [5.74, 6) is -3.75. The number of carboxylic acid groups (broad SMARTS) is 1. The van der Waals surface area contributed by atoms with Crippen LogP contribution in [0.15, 0.2) is 78.9 Å². The number of tetrazole rings is 1. The monoisotopic (exact) mass is 630 g/mol. The first-order valence-electron chi connectivity index (χ1n) is 14.3. The molecule has 3 aromatic carbocycles. The number of piperidine rings is 3. The number of hydrogen-bond donors (Lipinski definition) is 2. The Morgan fingerprint density at radius 2 is 1.58 bits per heavy atom. The van der Waals surface area contributed by atoms with E-state index in [1.807, 2.05) is 60.7 Å². The number of benzene rings is 3. The molecule has 0 amide bonds. The number of hydrogen-bond acceptors (Lipinski definition) is 6. The predicted molar refractivity (Wildman–Crippen MR) is 149 cm³/mol.